The highest BCUT2D eigenvalue weighted by Gasteiger charge is 2.64. The van der Waals surface area contributed by atoms with E-state index in [1.54, 1.807) is 5.58 Å². The molecule has 2 aromatic carbocycles. The first-order valence-electron chi connectivity index (χ1n) is 18.5. The predicted octanol–water partition coefficient (Wildman–Crippen LogP) is 11.9. The molecule has 44 heavy (non-hydrogen) atoms. The second-order valence-corrected chi connectivity index (χ2v) is 19.4. The number of rotatable bonds is 10. The largest absolute Gasteiger partial charge is 0.318 e. The minimum Gasteiger partial charge on any atom is -0.318 e. The van der Waals surface area contributed by atoms with Gasteiger partial charge in [-0.15, -0.1) is 0 Å². The van der Waals surface area contributed by atoms with Gasteiger partial charge in [-0.05, 0) is 114 Å². The third kappa shape index (κ3) is 6.36. The van der Waals surface area contributed by atoms with Crippen LogP contribution in [0.4, 0.5) is 0 Å². The first kappa shape index (κ1) is 32.0. The molecule has 1 aliphatic heterocycles. The van der Waals surface area contributed by atoms with E-state index in [1.165, 1.54) is 107 Å². The minimum atomic E-state index is -1.57. The molecule has 0 radical (unpaired) electrons. The van der Waals surface area contributed by atoms with Gasteiger partial charge in [0.1, 0.15) is 0 Å². The van der Waals surface area contributed by atoms with E-state index in [1.807, 2.05) is 0 Å². The molecular formula is C41H60N2P+. The van der Waals surface area contributed by atoms with Gasteiger partial charge in [-0.3, -0.25) is 0 Å². The van der Waals surface area contributed by atoms with E-state index in [9.17, 15) is 0 Å². The van der Waals surface area contributed by atoms with Gasteiger partial charge in [0.2, 0.25) is 0 Å². The molecule has 3 atom stereocenters. The van der Waals surface area contributed by atoms with Gasteiger partial charge >= 0.3 is 0 Å². The molecule has 1 heterocycles. The average molecular weight is 612 g/mol. The zero-order valence-electron chi connectivity index (χ0n) is 28.2. The van der Waals surface area contributed by atoms with Crippen LogP contribution in [0.15, 0.2) is 77.9 Å². The molecular weight excluding hydrogens is 551 g/mol. The summed E-state index contributed by atoms with van der Waals surface area (Å²) in [5.74, 6) is 0.879. The van der Waals surface area contributed by atoms with Gasteiger partial charge in [0.05, 0.1) is 24.2 Å². The molecule has 0 N–H and O–H groups in total. The topological polar surface area (TPSA) is 15.6 Å². The van der Waals surface area contributed by atoms with Crippen molar-refractivity contribution >= 4 is 12.8 Å². The van der Waals surface area contributed by atoms with Crippen LogP contribution in [0.2, 0.25) is 0 Å². The molecule has 238 valence electrons. The molecule has 4 aliphatic rings. The molecule has 0 amide bonds. The van der Waals surface area contributed by atoms with E-state index in [-0.39, 0.29) is 5.54 Å². The van der Waals surface area contributed by atoms with Crippen LogP contribution in [0.1, 0.15) is 146 Å². The normalized spacial score (nSPS) is 24.0. The number of benzene rings is 2. The summed E-state index contributed by atoms with van der Waals surface area (Å²) in [4.78, 5) is 8.72. The molecule has 0 spiro atoms. The average Bonchev–Trinajstić information content (AvgIpc) is 3.10. The van der Waals surface area contributed by atoms with Crippen molar-refractivity contribution in [3.05, 3.63) is 84.1 Å². The van der Waals surface area contributed by atoms with Gasteiger partial charge in [0, 0.05) is 24.2 Å². The fraction of sp³-hybridized carbons (Fsp3) is 0.634. The van der Waals surface area contributed by atoms with Crippen LogP contribution in [0.5, 0.6) is 0 Å². The molecule has 3 heteroatoms. The monoisotopic (exact) mass is 611 g/mol. The Morgan fingerprint density at radius 1 is 0.682 bits per heavy atom. The lowest BCUT2D eigenvalue weighted by atomic mass is 9.74. The maximum atomic E-state index is 5.74. The summed E-state index contributed by atoms with van der Waals surface area (Å²) in [6.45, 7) is 8.66. The summed E-state index contributed by atoms with van der Waals surface area (Å²) in [6.07, 6.45) is 27.5. The molecule has 0 saturated heterocycles. The molecule has 3 aliphatic carbocycles. The smallest absolute Gasteiger partial charge is 0.254 e. The number of aliphatic imine (C=N–C) groups is 1. The van der Waals surface area contributed by atoms with E-state index in [2.05, 4.69) is 98.6 Å². The van der Waals surface area contributed by atoms with Gasteiger partial charge in [0.25, 0.3) is 5.58 Å². The lowest BCUT2D eigenvalue weighted by Crippen LogP contribution is -2.57. The van der Waals surface area contributed by atoms with Gasteiger partial charge in [0.15, 0.2) is 0 Å². The Labute approximate surface area is 270 Å². The molecule has 2 nitrogen and oxygen atoms in total. The number of hydrogen-bond acceptors (Lipinski definition) is 2. The zero-order chi connectivity index (χ0) is 30.4. The van der Waals surface area contributed by atoms with Crippen LogP contribution in [0, 0.1) is 0 Å². The van der Waals surface area contributed by atoms with Crippen molar-refractivity contribution in [2.24, 2.45) is 4.99 Å². The molecule has 0 bridgehead atoms. The molecule has 6 rings (SSSR count). The summed E-state index contributed by atoms with van der Waals surface area (Å²) < 4.78 is 0. The highest BCUT2D eigenvalue weighted by molar-refractivity contribution is 7.92. The molecule has 2 aromatic rings. The van der Waals surface area contributed by atoms with Gasteiger partial charge in [-0.2, -0.15) is 0 Å². The van der Waals surface area contributed by atoms with Crippen molar-refractivity contribution in [1.29, 1.82) is 0 Å². The molecule has 3 unspecified atom stereocenters. The van der Waals surface area contributed by atoms with Crippen molar-refractivity contribution in [3.8, 4) is 0 Å². The van der Waals surface area contributed by atoms with Crippen molar-refractivity contribution in [2.45, 2.75) is 158 Å². The van der Waals surface area contributed by atoms with Crippen LogP contribution in [-0.2, 0) is 0 Å². The highest BCUT2D eigenvalue weighted by atomic mass is 31.2. The van der Waals surface area contributed by atoms with Crippen LogP contribution in [-0.4, -0.2) is 39.5 Å². The van der Waals surface area contributed by atoms with E-state index >= 15 is 0 Å². The third-order valence-electron chi connectivity index (χ3n) is 12.6. The molecule has 0 aromatic heterocycles. The number of amidine groups is 1. The molecule has 3 fully saturated rings. The highest BCUT2D eigenvalue weighted by Crippen LogP contribution is 2.79. The van der Waals surface area contributed by atoms with Crippen molar-refractivity contribution in [3.63, 3.8) is 0 Å². The Morgan fingerprint density at radius 3 is 1.61 bits per heavy atom. The van der Waals surface area contributed by atoms with Crippen molar-refractivity contribution in [1.82, 2.24) is 4.90 Å². The van der Waals surface area contributed by atoms with Crippen LogP contribution >= 0.6 is 7.26 Å². The van der Waals surface area contributed by atoms with Crippen LogP contribution in [0.25, 0.3) is 0 Å². The summed E-state index contributed by atoms with van der Waals surface area (Å²) in [5.41, 5.74) is 7.20. The molecule has 3 saturated carbocycles. The van der Waals surface area contributed by atoms with Crippen LogP contribution < -0.4 is 0 Å². The maximum Gasteiger partial charge on any atom is 0.254 e. The first-order chi connectivity index (χ1) is 21.5. The summed E-state index contributed by atoms with van der Waals surface area (Å²) in [6, 6.07) is 22.8. The SMILES string of the molecule is CC(CC(C)(C(C)c1ccccc1)N1CC=CN=C1[P+](C1CCCCC1)(C1CCCCC1)C1CCCCC1)c1ccccc1. The first-order valence-corrected chi connectivity index (χ1v) is 20.5. The third-order valence-corrected chi connectivity index (χ3v) is 18.9. The number of nitrogens with zero attached hydrogens (tertiary/aromatic N) is 2. The standard InChI is InChI=1S/C41H60N2P/c1-33(35-20-9-4-10-21-35)32-41(3,34(2)36-22-11-5-12-23-36)43-31-19-30-42-40(43)44(37-24-13-6-14-25-37,38-26-15-7-16-27-38)39-28-17-8-18-29-39/h4-5,9-12,19-23,30,33-34,37-39H,6-8,13-18,24-29,31-32H2,1-3H3/q+1. The van der Waals surface area contributed by atoms with Crippen LogP contribution in [0.3, 0.4) is 0 Å². The fourth-order valence-corrected chi connectivity index (χ4v) is 17.6. The second-order valence-electron chi connectivity index (χ2n) is 15.1. The van der Waals surface area contributed by atoms with Crippen molar-refractivity contribution in [2.75, 3.05) is 6.54 Å². The Bertz CT molecular complexity index is 1170. The van der Waals surface area contributed by atoms with Crippen molar-refractivity contribution < 1.29 is 0 Å². The van der Waals surface area contributed by atoms with E-state index < -0.39 is 7.26 Å². The fourth-order valence-electron chi connectivity index (χ4n) is 10.2. The maximum absolute atomic E-state index is 5.74. The second kappa shape index (κ2) is 14.7. The summed E-state index contributed by atoms with van der Waals surface area (Å²) in [5, 5.41) is 0. The zero-order valence-corrected chi connectivity index (χ0v) is 29.1. The quantitative estimate of drug-likeness (QED) is 0.244. The summed E-state index contributed by atoms with van der Waals surface area (Å²) in [7, 11) is -1.57. The van der Waals surface area contributed by atoms with Gasteiger partial charge in [-0.25, -0.2) is 4.99 Å². The summed E-state index contributed by atoms with van der Waals surface area (Å²) >= 11 is 0. The predicted molar refractivity (Wildman–Crippen MR) is 194 cm³/mol. The number of hydrogen-bond donors (Lipinski definition) is 0. The lowest BCUT2D eigenvalue weighted by molar-refractivity contribution is 0.152. The minimum absolute atomic E-state index is 0.0382. The Morgan fingerprint density at radius 2 is 1.14 bits per heavy atom. The Kier molecular flexibility index (Phi) is 10.7. The van der Waals surface area contributed by atoms with Gasteiger partial charge < -0.3 is 4.90 Å². The van der Waals surface area contributed by atoms with Gasteiger partial charge in [-0.1, -0.05) is 93.8 Å². The van der Waals surface area contributed by atoms with E-state index in [0.717, 1.165) is 29.9 Å². The van der Waals surface area contributed by atoms with E-state index in [0.29, 0.717) is 11.8 Å². The Balaban J connectivity index is 1.50. The van der Waals surface area contributed by atoms with E-state index in [4.69, 9.17) is 4.99 Å². The lowest BCUT2D eigenvalue weighted by Gasteiger charge is -2.55. The Hall–Kier alpha value is -1.92.